The minimum absolute atomic E-state index is 0.106. The molecule has 2 aromatic carbocycles. The molecule has 0 aliphatic rings. The summed E-state index contributed by atoms with van der Waals surface area (Å²) in [5, 5.41) is 0. The quantitative estimate of drug-likeness (QED) is 0.342. The molecule has 0 aliphatic heterocycles. The number of nitrogens with zero attached hydrogens (tertiary/aromatic N) is 2. The lowest BCUT2D eigenvalue weighted by Crippen LogP contribution is -2.42. The number of ether oxygens (including phenoxy) is 1. The predicted molar refractivity (Wildman–Crippen MR) is 115 cm³/mol. The van der Waals surface area contributed by atoms with E-state index < -0.39 is 34.5 Å². The van der Waals surface area contributed by atoms with Gasteiger partial charge in [-0.1, -0.05) is 0 Å². The molecule has 0 saturated heterocycles. The largest absolute Gasteiger partial charge is 0.497 e. The number of aldehydes is 1. The van der Waals surface area contributed by atoms with Crippen LogP contribution in [-0.4, -0.2) is 33.5 Å². The average Bonchev–Trinajstić information content (AvgIpc) is 3.30. The van der Waals surface area contributed by atoms with Gasteiger partial charge in [0.05, 0.1) is 29.4 Å². The lowest BCUT2D eigenvalue weighted by atomic mass is 10.1. The van der Waals surface area contributed by atoms with Crippen molar-refractivity contribution < 1.29 is 27.5 Å². The normalized spacial score (nSPS) is 11.4. The van der Waals surface area contributed by atoms with E-state index in [0.29, 0.717) is 22.8 Å². The summed E-state index contributed by atoms with van der Waals surface area (Å²) in [5.74, 6) is -0.316. The molecule has 4 aromatic rings. The summed E-state index contributed by atoms with van der Waals surface area (Å²) in [7, 11) is 1.44. The molecule has 4 rings (SSSR count). The maximum atomic E-state index is 13.8. The van der Waals surface area contributed by atoms with Crippen molar-refractivity contribution in [2.24, 2.45) is 0 Å². The first-order valence-electron chi connectivity index (χ1n) is 9.61. The molecule has 1 amide bonds. The topological polar surface area (TPSA) is 115 Å². The minimum Gasteiger partial charge on any atom is -0.497 e. The van der Waals surface area contributed by atoms with Gasteiger partial charge < -0.3 is 14.3 Å². The third kappa shape index (κ3) is 4.08. The third-order valence-electron chi connectivity index (χ3n) is 5.00. The first kappa shape index (κ1) is 22.6. The summed E-state index contributed by atoms with van der Waals surface area (Å²) in [6.45, 7) is 0. The molecule has 12 heteroatoms. The standard InChI is InChI=1S/C22H15F3N4O5/c1-34-14-4-2-13(3-5-14)19(31)27-29-18-9-17(28-7-6-12(10-28)11-30)15(22(23,24)25)8-16(18)26-20(32)21(29)33/h2-11H,1H3,(H,26,32)(H,27,31). The first-order valence-corrected chi connectivity index (χ1v) is 9.61. The van der Waals surface area contributed by atoms with Gasteiger partial charge in [0.15, 0.2) is 6.29 Å². The molecule has 174 valence electrons. The van der Waals surface area contributed by atoms with Crippen LogP contribution in [0.4, 0.5) is 13.2 Å². The molecule has 2 aromatic heterocycles. The second-order valence-electron chi connectivity index (χ2n) is 7.12. The molecule has 0 atom stereocenters. The fraction of sp³-hybridized carbons (Fsp3) is 0.0909. The fourth-order valence-electron chi connectivity index (χ4n) is 3.34. The summed E-state index contributed by atoms with van der Waals surface area (Å²) in [6.07, 6.45) is -1.95. The van der Waals surface area contributed by atoms with Gasteiger partial charge in [0.1, 0.15) is 5.75 Å². The Hall–Kier alpha value is -4.61. The van der Waals surface area contributed by atoms with E-state index in [1.807, 2.05) is 0 Å². The number of carbonyl (C=O) groups excluding carboxylic acids is 2. The van der Waals surface area contributed by atoms with Crippen LogP contribution >= 0.6 is 0 Å². The molecule has 0 radical (unpaired) electrons. The molecule has 0 saturated carbocycles. The minimum atomic E-state index is -4.83. The van der Waals surface area contributed by atoms with Crippen molar-refractivity contribution in [3.63, 3.8) is 0 Å². The van der Waals surface area contributed by atoms with E-state index in [1.165, 1.54) is 49.8 Å². The molecular formula is C22H15F3N4O5. The predicted octanol–water partition coefficient (Wildman–Crippen LogP) is 2.70. The molecule has 0 unspecified atom stereocenters. The van der Waals surface area contributed by atoms with E-state index in [0.717, 1.165) is 10.6 Å². The lowest BCUT2D eigenvalue weighted by Gasteiger charge is -2.17. The van der Waals surface area contributed by atoms with E-state index >= 15 is 0 Å². The van der Waals surface area contributed by atoms with Crippen LogP contribution in [0.15, 0.2) is 64.4 Å². The van der Waals surface area contributed by atoms with E-state index in [4.69, 9.17) is 4.74 Å². The number of methoxy groups -OCH3 is 1. The second kappa shape index (κ2) is 8.39. The van der Waals surface area contributed by atoms with Gasteiger partial charge in [0.25, 0.3) is 5.91 Å². The van der Waals surface area contributed by atoms with Gasteiger partial charge in [-0.15, -0.1) is 0 Å². The van der Waals surface area contributed by atoms with Crippen LogP contribution < -0.4 is 21.3 Å². The Balaban J connectivity index is 1.92. The Bertz CT molecular complexity index is 1530. The molecule has 2 heterocycles. The SMILES string of the molecule is COc1ccc(C(=O)Nn2c(=O)c(=O)[nH]c3cc(C(F)(F)F)c(-n4ccc(C=O)c4)cc32)cc1. The molecule has 34 heavy (non-hydrogen) atoms. The van der Waals surface area contributed by atoms with Crippen molar-refractivity contribution in [2.75, 3.05) is 12.5 Å². The number of alkyl halides is 3. The number of benzene rings is 2. The number of carbonyl (C=O) groups is 2. The van der Waals surface area contributed by atoms with Crippen LogP contribution in [-0.2, 0) is 6.18 Å². The molecular weight excluding hydrogens is 457 g/mol. The van der Waals surface area contributed by atoms with Crippen LogP contribution in [0.2, 0.25) is 0 Å². The highest BCUT2D eigenvalue weighted by atomic mass is 19.4. The number of hydrogen-bond donors (Lipinski definition) is 2. The zero-order valence-electron chi connectivity index (χ0n) is 17.3. The highest BCUT2D eigenvalue weighted by Crippen LogP contribution is 2.36. The number of aromatic amines is 1. The Labute approximate surface area is 188 Å². The van der Waals surface area contributed by atoms with Crippen LogP contribution in [0.3, 0.4) is 0 Å². The smallest absolute Gasteiger partial charge is 0.418 e. The molecule has 2 N–H and O–H groups in total. The number of amides is 1. The van der Waals surface area contributed by atoms with Gasteiger partial charge in [-0.3, -0.25) is 24.6 Å². The van der Waals surface area contributed by atoms with E-state index in [9.17, 15) is 32.3 Å². The van der Waals surface area contributed by atoms with Gasteiger partial charge in [-0.2, -0.15) is 13.2 Å². The highest BCUT2D eigenvalue weighted by molar-refractivity contribution is 6.00. The summed E-state index contributed by atoms with van der Waals surface area (Å²) >= 11 is 0. The lowest BCUT2D eigenvalue weighted by molar-refractivity contribution is -0.137. The first-order chi connectivity index (χ1) is 16.1. The third-order valence-corrected chi connectivity index (χ3v) is 5.00. The molecule has 9 nitrogen and oxygen atoms in total. The van der Waals surface area contributed by atoms with Crippen molar-refractivity contribution in [3.8, 4) is 11.4 Å². The van der Waals surface area contributed by atoms with Crippen LogP contribution in [0.25, 0.3) is 16.7 Å². The summed E-state index contributed by atoms with van der Waals surface area (Å²) in [6, 6.07) is 8.75. The number of halogens is 3. The number of aromatic nitrogens is 3. The molecule has 0 spiro atoms. The fourth-order valence-corrected chi connectivity index (χ4v) is 3.34. The number of H-pyrrole nitrogens is 1. The van der Waals surface area contributed by atoms with Gasteiger partial charge in [-0.05, 0) is 42.5 Å². The monoisotopic (exact) mass is 472 g/mol. The second-order valence-corrected chi connectivity index (χ2v) is 7.12. The van der Waals surface area contributed by atoms with Crippen molar-refractivity contribution in [2.45, 2.75) is 6.18 Å². The van der Waals surface area contributed by atoms with Crippen molar-refractivity contribution in [1.82, 2.24) is 14.2 Å². The Kier molecular flexibility index (Phi) is 5.57. The van der Waals surface area contributed by atoms with E-state index in [1.54, 1.807) is 0 Å². The Morgan fingerprint density at radius 3 is 2.41 bits per heavy atom. The molecule has 0 fully saturated rings. The van der Waals surface area contributed by atoms with Gasteiger partial charge >= 0.3 is 17.3 Å². The van der Waals surface area contributed by atoms with Crippen LogP contribution in [0.5, 0.6) is 5.75 Å². The number of rotatable bonds is 5. The van der Waals surface area contributed by atoms with E-state index in [2.05, 4.69) is 10.4 Å². The molecule has 0 bridgehead atoms. The van der Waals surface area contributed by atoms with Crippen molar-refractivity contribution in [1.29, 1.82) is 0 Å². The Morgan fingerprint density at radius 1 is 1.12 bits per heavy atom. The van der Waals surface area contributed by atoms with Crippen molar-refractivity contribution in [3.05, 3.63) is 92.3 Å². The summed E-state index contributed by atoms with van der Waals surface area (Å²) < 4.78 is 48.0. The number of fused-ring (bicyclic) bond motifs is 1. The average molecular weight is 472 g/mol. The maximum Gasteiger partial charge on any atom is 0.418 e. The van der Waals surface area contributed by atoms with Gasteiger partial charge in [0, 0.05) is 23.5 Å². The van der Waals surface area contributed by atoms with E-state index in [-0.39, 0.29) is 22.2 Å². The van der Waals surface area contributed by atoms with Crippen LogP contribution in [0.1, 0.15) is 26.3 Å². The highest BCUT2D eigenvalue weighted by Gasteiger charge is 2.35. The van der Waals surface area contributed by atoms with Crippen molar-refractivity contribution >= 4 is 23.2 Å². The number of hydrogen-bond acceptors (Lipinski definition) is 5. The molecule has 0 aliphatic carbocycles. The van der Waals surface area contributed by atoms with Gasteiger partial charge in [0.2, 0.25) is 0 Å². The zero-order valence-corrected chi connectivity index (χ0v) is 17.3. The number of nitrogens with one attached hydrogen (secondary N) is 2. The zero-order chi connectivity index (χ0) is 24.6. The Morgan fingerprint density at radius 2 is 1.82 bits per heavy atom. The van der Waals surface area contributed by atoms with Gasteiger partial charge in [-0.25, -0.2) is 4.68 Å². The van der Waals surface area contributed by atoms with Crippen LogP contribution in [0, 0.1) is 0 Å². The maximum absolute atomic E-state index is 13.8. The summed E-state index contributed by atoms with van der Waals surface area (Å²) in [5.41, 5.74) is -2.03. The summed E-state index contributed by atoms with van der Waals surface area (Å²) in [4.78, 5) is 50.5.